The molecule has 0 amide bonds. The summed E-state index contributed by atoms with van der Waals surface area (Å²) in [6.07, 6.45) is 2.80. The lowest BCUT2D eigenvalue weighted by Gasteiger charge is -2.10. The molecule has 2 heterocycles. The van der Waals surface area contributed by atoms with E-state index in [9.17, 15) is 4.79 Å². The van der Waals surface area contributed by atoms with E-state index in [1.165, 1.54) is 6.20 Å². The van der Waals surface area contributed by atoms with Crippen molar-refractivity contribution in [3.63, 3.8) is 0 Å². The molecular weight excluding hydrogens is 237 g/mol. The van der Waals surface area contributed by atoms with Crippen molar-refractivity contribution < 1.29 is 9.53 Å². The molecule has 1 aliphatic heterocycles. The smallest absolute Gasteiger partial charge is 0.340 e. The zero-order valence-corrected chi connectivity index (χ0v) is 9.60. The van der Waals surface area contributed by atoms with E-state index in [1.807, 2.05) is 6.92 Å². The van der Waals surface area contributed by atoms with Gasteiger partial charge in [-0.15, -0.1) is 0 Å². The van der Waals surface area contributed by atoms with Gasteiger partial charge in [-0.05, 0) is 6.42 Å². The molecule has 1 aliphatic rings. The summed E-state index contributed by atoms with van der Waals surface area (Å²) in [6, 6.07) is 0. The van der Waals surface area contributed by atoms with Crippen LogP contribution in [0.5, 0.6) is 0 Å². The van der Waals surface area contributed by atoms with E-state index < -0.39 is 0 Å². The third-order valence-corrected chi connectivity index (χ3v) is 3.12. The van der Waals surface area contributed by atoms with Crippen LogP contribution in [-0.2, 0) is 4.74 Å². The predicted octanol–water partition coefficient (Wildman–Crippen LogP) is 3.40. The van der Waals surface area contributed by atoms with E-state index in [1.54, 1.807) is 0 Å². The van der Waals surface area contributed by atoms with Gasteiger partial charge in [-0.25, -0.2) is 9.78 Å². The minimum absolute atomic E-state index is 0.217. The van der Waals surface area contributed by atoms with Crippen LogP contribution >= 0.6 is 23.2 Å². The Bertz CT molecular complexity index is 420. The van der Waals surface area contributed by atoms with Crippen molar-refractivity contribution in [3.8, 4) is 0 Å². The Morgan fingerprint density at radius 3 is 2.93 bits per heavy atom. The highest BCUT2D eigenvalue weighted by Gasteiger charge is 2.33. The lowest BCUT2D eigenvalue weighted by molar-refractivity contribution is 0.0367. The molecule has 0 saturated carbocycles. The van der Waals surface area contributed by atoms with Gasteiger partial charge in [-0.1, -0.05) is 36.5 Å². The van der Waals surface area contributed by atoms with E-state index in [2.05, 4.69) is 4.98 Å². The van der Waals surface area contributed by atoms with Crippen molar-refractivity contribution in [3.05, 3.63) is 27.5 Å². The number of esters is 1. The number of hydrogen-bond acceptors (Lipinski definition) is 3. The molecule has 0 radical (unpaired) electrons. The van der Waals surface area contributed by atoms with E-state index in [4.69, 9.17) is 27.9 Å². The van der Waals surface area contributed by atoms with Gasteiger partial charge in [-0.3, -0.25) is 0 Å². The van der Waals surface area contributed by atoms with Gasteiger partial charge < -0.3 is 4.74 Å². The first-order chi connectivity index (χ1) is 7.15. The van der Waals surface area contributed by atoms with Crippen LogP contribution in [0.15, 0.2) is 6.20 Å². The Hall–Kier alpha value is -0.800. The van der Waals surface area contributed by atoms with Gasteiger partial charge in [0.1, 0.15) is 11.3 Å². The minimum Gasteiger partial charge on any atom is -0.454 e. The van der Waals surface area contributed by atoms with Crippen LogP contribution in [0.3, 0.4) is 0 Å². The fourth-order valence-corrected chi connectivity index (χ4v) is 2.09. The van der Waals surface area contributed by atoms with Crippen LogP contribution < -0.4 is 0 Å². The molecule has 0 saturated heterocycles. The number of carbonyl (C=O) groups is 1. The first kappa shape index (κ1) is 10.7. The third-order valence-electron chi connectivity index (χ3n) is 2.36. The maximum atomic E-state index is 11.5. The Kier molecular flexibility index (Phi) is 2.85. The summed E-state index contributed by atoms with van der Waals surface area (Å²) in [5.74, 6) is -0.366. The molecule has 0 bridgehead atoms. The SMILES string of the molecule is CCCC1OC(=O)c2cnc(Cl)c(Cl)c21. The number of aromatic nitrogens is 1. The average molecular weight is 246 g/mol. The van der Waals surface area contributed by atoms with E-state index in [0.717, 1.165) is 12.8 Å². The molecule has 0 spiro atoms. The highest BCUT2D eigenvalue weighted by atomic mass is 35.5. The first-order valence-electron chi connectivity index (χ1n) is 4.70. The van der Waals surface area contributed by atoms with Gasteiger partial charge in [-0.2, -0.15) is 0 Å². The van der Waals surface area contributed by atoms with Crippen LogP contribution in [-0.4, -0.2) is 11.0 Å². The lowest BCUT2D eigenvalue weighted by Crippen LogP contribution is -1.98. The van der Waals surface area contributed by atoms with Crippen LogP contribution in [0.1, 0.15) is 41.8 Å². The largest absolute Gasteiger partial charge is 0.454 e. The number of ether oxygens (including phenoxy) is 1. The van der Waals surface area contributed by atoms with E-state index in [-0.39, 0.29) is 17.2 Å². The van der Waals surface area contributed by atoms with Gasteiger partial charge in [0, 0.05) is 11.8 Å². The monoisotopic (exact) mass is 245 g/mol. The Balaban J connectivity index is 2.52. The summed E-state index contributed by atoms with van der Waals surface area (Å²) in [6.45, 7) is 2.02. The number of rotatable bonds is 2. The van der Waals surface area contributed by atoms with Gasteiger partial charge in [0.25, 0.3) is 0 Å². The van der Waals surface area contributed by atoms with Crippen LogP contribution in [0.25, 0.3) is 0 Å². The summed E-state index contributed by atoms with van der Waals surface area (Å²) in [5.41, 5.74) is 1.12. The zero-order valence-electron chi connectivity index (χ0n) is 8.09. The fraction of sp³-hybridized carbons (Fsp3) is 0.400. The highest BCUT2D eigenvalue weighted by molar-refractivity contribution is 6.42. The van der Waals surface area contributed by atoms with Gasteiger partial charge in [0.05, 0.1) is 10.6 Å². The second-order valence-electron chi connectivity index (χ2n) is 3.37. The molecular formula is C10H9Cl2NO2. The van der Waals surface area contributed by atoms with Gasteiger partial charge in [0.15, 0.2) is 0 Å². The van der Waals surface area contributed by atoms with E-state index in [0.29, 0.717) is 16.1 Å². The normalized spacial score (nSPS) is 18.9. The van der Waals surface area contributed by atoms with Crippen molar-refractivity contribution in [2.24, 2.45) is 0 Å². The second-order valence-corrected chi connectivity index (χ2v) is 4.11. The molecule has 0 aliphatic carbocycles. The molecule has 0 N–H and O–H groups in total. The molecule has 2 rings (SSSR count). The number of pyridine rings is 1. The van der Waals surface area contributed by atoms with Gasteiger partial charge in [0.2, 0.25) is 0 Å². The molecule has 80 valence electrons. The van der Waals surface area contributed by atoms with Gasteiger partial charge >= 0.3 is 5.97 Å². The van der Waals surface area contributed by atoms with Crippen molar-refractivity contribution >= 4 is 29.2 Å². The summed E-state index contributed by atoms with van der Waals surface area (Å²) >= 11 is 11.8. The molecule has 0 aromatic carbocycles. The lowest BCUT2D eigenvalue weighted by atomic mass is 10.0. The zero-order chi connectivity index (χ0) is 11.0. The standard InChI is InChI=1S/C10H9Cl2NO2/c1-2-3-6-7-5(10(14)15-6)4-13-9(12)8(7)11/h4,6H,2-3H2,1H3. The highest BCUT2D eigenvalue weighted by Crippen LogP contribution is 2.40. The molecule has 0 fully saturated rings. The Morgan fingerprint density at radius 2 is 2.27 bits per heavy atom. The van der Waals surface area contributed by atoms with Crippen molar-refractivity contribution in [2.75, 3.05) is 0 Å². The van der Waals surface area contributed by atoms with Crippen LogP contribution in [0, 0.1) is 0 Å². The van der Waals surface area contributed by atoms with Crippen LogP contribution in [0.2, 0.25) is 10.2 Å². The molecule has 15 heavy (non-hydrogen) atoms. The van der Waals surface area contributed by atoms with E-state index >= 15 is 0 Å². The maximum Gasteiger partial charge on any atom is 0.340 e. The molecule has 3 nitrogen and oxygen atoms in total. The second kappa shape index (κ2) is 3.99. The number of carbonyl (C=O) groups excluding carboxylic acids is 1. The first-order valence-corrected chi connectivity index (χ1v) is 5.45. The summed E-state index contributed by atoms with van der Waals surface area (Å²) < 4.78 is 5.19. The number of nitrogens with zero attached hydrogens (tertiary/aromatic N) is 1. The maximum absolute atomic E-state index is 11.5. The topological polar surface area (TPSA) is 39.2 Å². The molecule has 1 atom stereocenters. The minimum atomic E-state index is -0.366. The fourth-order valence-electron chi connectivity index (χ4n) is 1.67. The van der Waals surface area contributed by atoms with Crippen LogP contribution in [0.4, 0.5) is 0 Å². The molecule has 1 unspecified atom stereocenters. The number of halogens is 2. The third kappa shape index (κ3) is 1.70. The number of cyclic esters (lactones) is 1. The van der Waals surface area contributed by atoms with Crippen molar-refractivity contribution in [2.45, 2.75) is 25.9 Å². The number of hydrogen-bond donors (Lipinski definition) is 0. The molecule has 1 aromatic heterocycles. The summed E-state index contributed by atoms with van der Waals surface area (Å²) in [4.78, 5) is 15.3. The Morgan fingerprint density at radius 1 is 1.53 bits per heavy atom. The molecule has 5 heteroatoms. The quantitative estimate of drug-likeness (QED) is 0.593. The molecule has 1 aromatic rings. The number of fused-ring (bicyclic) bond motifs is 1. The summed E-state index contributed by atoms with van der Waals surface area (Å²) in [5, 5.41) is 0.549. The Labute approximate surface area is 97.4 Å². The van der Waals surface area contributed by atoms with Crippen molar-refractivity contribution in [1.29, 1.82) is 0 Å². The predicted molar refractivity (Wildman–Crippen MR) is 57.3 cm³/mol. The van der Waals surface area contributed by atoms with Crippen molar-refractivity contribution in [1.82, 2.24) is 4.98 Å². The summed E-state index contributed by atoms with van der Waals surface area (Å²) in [7, 11) is 0. The average Bonchev–Trinajstić information content (AvgIpc) is 2.51.